The van der Waals surface area contributed by atoms with E-state index in [2.05, 4.69) is 15.5 Å². The molecule has 0 radical (unpaired) electrons. The van der Waals surface area contributed by atoms with Crippen molar-refractivity contribution < 1.29 is 23.5 Å². The number of amides is 2. The molecule has 0 atom stereocenters. The zero-order valence-corrected chi connectivity index (χ0v) is 19.2. The number of halogens is 2. The van der Waals surface area contributed by atoms with E-state index in [4.69, 9.17) is 21.1 Å². The lowest BCUT2D eigenvalue weighted by Gasteiger charge is -2.28. The van der Waals surface area contributed by atoms with Gasteiger partial charge in [0.15, 0.2) is 0 Å². The molecule has 0 aromatic heterocycles. The lowest BCUT2D eigenvalue weighted by atomic mass is 10.1. The van der Waals surface area contributed by atoms with Crippen LogP contribution in [-0.4, -0.2) is 45.2 Å². The Kier molecular flexibility index (Phi) is 7.30. The molecule has 0 unspecified atom stereocenters. The van der Waals surface area contributed by atoms with Gasteiger partial charge in [-0.15, -0.1) is 0 Å². The van der Waals surface area contributed by atoms with Gasteiger partial charge in [-0.1, -0.05) is 11.6 Å². The smallest absolute Gasteiger partial charge is 0.258 e. The number of hydrogen-bond donors (Lipinski definition) is 2. The number of morpholine rings is 1. The summed E-state index contributed by atoms with van der Waals surface area (Å²) in [5, 5.41) is 5.62. The highest BCUT2D eigenvalue weighted by molar-refractivity contribution is 6.30. The first-order valence-electron chi connectivity index (χ1n) is 10.6. The molecule has 0 bridgehead atoms. The number of nitrogens with one attached hydrogen (secondary N) is 2. The Morgan fingerprint density at radius 1 is 0.971 bits per heavy atom. The Morgan fingerprint density at radius 3 is 2.38 bits per heavy atom. The summed E-state index contributed by atoms with van der Waals surface area (Å²) >= 11 is 5.76. The predicted octanol–water partition coefficient (Wildman–Crippen LogP) is 4.83. The third-order valence-corrected chi connectivity index (χ3v) is 5.62. The van der Waals surface area contributed by atoms with Crippen LogP contribution in [0.15, 0.2) is 60.7 Å². The van der Waals surface area contributed by atoms with Gasteiger partial charge in [0.1, 0.15) is 11.6 Å². The number of anilines is 3. The van der Waals surface area contributed by atoms with Crippen molar-refractivity contribution in [3.05, 3.63) is 82.6 Å². The number of hydrogen-bond acceptors (Lipinski definition) is 5. The number of carbonyl (C=O) groups excluding carboxylic acids is 2. The highest BCUT2D eigenvalue weighted by atomic mass is 35.5. The van der Waals surface area contributed by atoms with Crippen LogP contribution in [-0.2, 0) is 4.74 Å². The molecule has 34 heavy (non-hydrogen) atoms. The Hall–Kier alpha value is -3.62. The molecule has 1 heterocycles. The fourth-order valence-electron chi connectivity index (χ4n) is 3.60. The Bertz CT molecular complexity index is 1200. The monoisotopic (exact) mass is 483 g/mol. The first-order valence-corrected chi connectivity index (χ1v) is 11.0. The first-order chi connectivity index (χ1) is 16.4. The van der Waals surface area contributed by atoms with Crippen molar-refractivity contribution in [3.63, 3.8) is 0 Å². The van der Waals surface area contributed by atoms with Crippen molar-refractivity contribution in [2.24, 2.45) is 0 Å². The van der Waals surface area contributed by atoms with E-state index >= 15 is 0 Å². The van der Waals surface area contributed by atoms with Crippen molar-refractivity contribution in [1.29, 1.82) is 0 Å². The van der Waals surface area contributed by atoms with Gasteiger partial charge in [-0.05, 0) is 60.7 Å². The van der Waals surface area contributed by atoms with Crippen molar-refractivity contribution in [1.82, 2.24) is 0 Å². The van der Waals surface area contributed by atoms with Crippen LogP contribution in [0.25, 0.3) is 0 Å². The number of ether oxygens (including phenoxy) is 2. The van der Waals surface area contributed by atoms with Crippen LogP contribution in [0.4, 0.5) is 21.5 Å². The van der Waals surface area contributed by atoms with Crippen LogP contribution in [0, 0.1) is 5.82 Å². The van der Waals surface area contributed by atoms with Crippen LogP contribution < -0.4 is 20.3 Å². The average molecular weight is 484 g/mol. The molecule has 9 heteroatoms. The Balaban J connectivity index is 1.47. The van der Waals surface area contributed by atoms with E-state index in [9.17, 15) is 14.0 Å². The molecular formula is C25H23ClFN3O4. The molecule has 0 spiro atoms. The zero-order chi connectivity index (χ0) is 24.1. The van der Waals surface area contributed by atoms with Crippen LogP contribution in [0.1, 0.15) is 20.7 Å². The zero-order valence-electron chi connectivity index (χ0n) is 18.4. The third-order valence-electron chi connectivity index (χ3n) is 5.39. The Labute approximate surface area is 201 Å². The number of methoxy groups -OCH3 is 1. The van der Waals surface area contributed by atoms with Crippen molar-refractivity contribution in [2.75, 3.05) is 48.9 Å². The van der Waals surface area contributed by atoms with Crippen molar-refractivity contribution >= 4 is 40.5 Å². The average Bonchev–Trinajstić information content (AvgIpc) is 2.85. The summed E-state index contributed by atoms with van der Waals surface area (Å²) in [6.45, 7) is 2.99. The number of benzene rings is 3. The molecule has 176 valence electrons. The van der Waals surface area contributed by atoms with Gasteiger partial charge in [-0.3, -0.25) is 9.59 Å². The fourth-order valence-corrected chi connectivity index (χ4v) is 3.75. The maximum atomic E-state index is 14.1. The van der Waals surface area contributed by atoms with Gasteiger partial charge in [0.25, 0.3) is 11.8 Å². The van der Waals surface area contributed by atoms with Gasteiger partial charge < -0.3 is 25.0 Å². The van der Waals surface area contributed by atoms with E-state index in [0.29, 0.717) is 30.2 Å². The van der Waals surface area contributed by atoms with Gasteiger partial charge in [0.05, 0.1) is 31.6 Å². The number of carbonyl (C=O) groups is 2. The van der Waals surface area contributed by atoms with E-state index in [0.717, 1.165) is 24.8 Å². The maximum Gasteiger partial charge on any atom is 0.258 e. The fraction of sp³-hybridized carbons (Fsp3) is 0.200. The highest BCUT2D eigenvalue weighted by Crippen LogP contribution is 2.29. The van der Waals surface area contributed by atoms with Gasteiger partial charge in [-0.25, -0.2) is 4.39 Å². The summed E-state index contributed by atoms with van der Waals surface area (Å²) in [7, 11) is 1.45. The molecule has 1 fully saturated rings. The first kappa shape index (κ1) is 23.5. The van der Waals surface area contributed by atoms with Gasteiger partial charge >= 0.3 is 0 Å². The number of nitrogens with zero attached hydrogens (tertiary/aromatic N) is 1. The molecule has 0 saturated carbocycles. The summed E-state index contributed by atoms with van der Waals surface area (Å²) in [4.78, 5) is 27.5. The molecule has 0 aliphatic carbocycles. The topological polar surface area (TPSA) is 79.9 Å². The van der Waals surface area contributed by atoms with E-state index in [1.54, 1.807) is 30.3 Å². The van der Waals surface area contributed by atoms with Crippen LogP contribution in [0.5, 0.6) is 5.75 Å². The van der Waals surface area contributed by atoms with Gasteiger partial charge in [0, 0.05) is 35.1 Å². The van der Waals surface area contributed by atoms with E-state index < -0.39 is 11.7 Å². The molecule has 2 amide bonds. The SMILES string of the molecule is COc1ccc(NC(=O)c2ccc(N3CCOCC3)cc2)cc1NC(=O)c1ccc(Cl)cc1F. The van der Waals surface area contributed by atoms with Crippen LogP contribution in [0.2, 0.25) is 5.02 Å². The summed E-state index contributed by atoms with van der Waals surface area (Å²) in [5.74, 6) is -1.36. The molecule has 3 aromatic rings. The van der Waals surface area contributed by atoms with E-state index in [1.807, 2.05) is 12.1 Å². The minimum atomic E-state index is -0.742. The molecular weight excluding hydrogens is 461 g/mol. The van der Waals surface area contributed by atoms with Crippen molar-refractivity contribution in [2.45, 2.75) is 0 Å². The lowest BCUT2D eigenvalue weighted by molar-refractivity contribution is 0.101. The molecule has 7 nitrogen and oxygen atoms in total. The normalized spacial score (nSPS) is 13.3. The summed E-state index contributed by atoms with van der Waals surface area (Å²) in [5.41, 5.74) is 2.07. The molecule has 4 rings (SSSR count). The molecule has 1 aliphatic heterocycles. The van der Waals surface area contributed by atoms with E-state index in [1.165, 1.54) is 19.2 Å². The second kappa shape index (κ2) is 10.5. The van der Waals surface area contributed by atoms with Crippen LogP contribution >= 0.6 is 11.6 Å². The Morgan fingerprint density at radius 2 is 1.71 bits per heavy atom. The predicted molar refractivity (Wildman–Crippen MR) is 130 cm³/mol. The summed E-state index contributed by atoms with van der Waals surface area (Å²) < 4.78 is 24.8. The minimum Gasteiger partial charge on any atom is -0.495 e. The maximum absolute atomic E-state index is 14.1. The number of rotatable bonds is 6. The summed E-state index contributed by atoms with van der Waals surface area (Å²) in [6, 6.07) is 15.9. The van der Waals surface area contributed by atoms with Gasteiger partial charge in [-0.2, -0.15) is 0 Å². The molecule has 1 saturated heterocycles. The molecule has 1 aliphatic rings. The standard InChI is InChI=1S/C25H23ClFN3O4/c1-33-23-9-5-18(15-22(23)29-25(32)20-8-4-17(26)14-21(20)27)28-24(31)16-2-6-19(7-3-16)30-10-12-34-13-11-30/h2-9,14-15H,10-13H2,1H3,(H,28,31)(H,29,32). The second-order valence-corrected chi connectivity index (χ2v) is 8.03. The minimum absolute atomic E-state index is 0.166. The summed E-state index contributed by atoms with van der Waals surface area (Å²) in [6.07, 6.45) is 0. The third kappa shape index (κ3) is 5.47. The molecule has 2 N–H and O–H groups in total. The lowest BCUT2D eigenvalue weighted by Crippen LogP contribution is -2.36. The largest absolute Gasteiger partial charge is 0.495 e. The molecule has 3 aromatic carbocycles. The van der Waals surface area contributed by atoms with Gasteiger partial charge in [0.2, 0.25) is 0 Å². The highest BCUT2D eigenvalue weighted by Gasteiger charge is 2.16. The second-order valence-electron chi connectivity index (χ2n) is 7.59. The quantitative estimate of drug-likeness (QED) is 0.525. The van der Waals surface area contributed by atoms with Crippen molar-refractivity contribution in [3.8, 4) is 5.75 Å². The van der Waals surface area contributed by atoms with Crippen LogP contribution in [0.3, 0.4) is 0 Å². The van der Waals surface area contributed by atoms with E-state index in [-0.39, 0.29) is 22.2 Å².